The Hall–Kier alpha value is -2.74. The van der Waals surface area contributed by atoms with Crippen LogP contribution in [0.25, 0.3) is 6.08 Å². The average molecular weight is 461 g/mol. The van der Waals surface area contributed by atoms with Crippen molar-refractivity contribution in [3.8, 4) is 0 Å². The number of para-hydroxylation sites is 1. The Balaban J connectivity index is 1.62. The molecule has 32 heavy (non-hydrogen) atoms. The maximum atomic E-state index is 13.3. The van der Waals surface area contributed by atoms with Crippen molar-refractivity contribution in [1.29, 1.82) is 0 Å². The number of nitrogens with zero attached hydrogens (tertiary/aromatic N) is 2. The Morgan fingerprint density at radius 1 is 1.12 bits per heavy atom. The lowest BCUT2D eigenvalue weighted by molar-refractivity contribution is -0.137. The first kappa shape index (κ1) is 22.5. The summed E-state index contributed by atoms with van der Waals surface area (Å²) in [6.07, 6.45) is 0.153. The largest absolute Gasteiger partial charge is 0.416 e. The predicted octanol–water partition coefficient (Wildman–Crippen LogP) is 5.59. The van der Waals surface area contributed by atoms with Crippen molar-refractivity contribution < 1.29 is 22.8 Å². The van der Waals surface area contributed by atoms with Crippen LogP contribution in [0.4, 0.5) is 18.9 Å². The number of hydrogen-bond acceptors (Lipinski definition) is 3. The quantitative estimate of drug-likeness (QED) is 0.561. The molecule has 1 saturated heterocycles. The van der Waals surface area contributed by atoms with Gasteiger partial charge in [-0.15, -0.1) is 0 Å². The fourth-order valence-corrected chi connectivity index (χ4v) is 5.09. The zero-order valence-corrected chi connectivity index (χ0v) is 18.4. The molecule has 0 radical (unpaired) electrons. The third-order valence-corrected chi connectivity index (χ3v) is 6.86. The molecule has 0 aromatic heterocycles. The molecular formula is C24H23F3N2O2S. The molecular weight excluding hydrogens is 437 g/mol. The molecule has 0 N–H and O–H groups in total. The molecule has 4 rings (SSSR count). The summed E-state index contributed by atoms with van der Waals surface area (Å²) < 4.78 is 38.5. The number of alkyl halides is 3. The van der Waals surface area contributed by atoms with Gasteiger partial charge < -0.3 is 4.90 Å². The Morgan fingerprint density at radius 2 is 1.84 bits per heavy atom. The summed E-state index contributed by atoms with van der Waals surface area (Å²) >= 11 is 1.26. The SMILES string of the molecule is C[C@@H]1CCCCN1C(=O)CN1C(=O)/C(=C/c2ccc(C(F)(F)F)cc2)Sc2ccccc21. The summed E-state index contributed by atoms with van der Waals surface area (Å²) in [4.78, 5) is 30.8. The number of likely N-dealkylation sites (tertiary alicyclic amines) is 1. The summed E-state index contributed by atoms with van der Waals surface area (Å²) in [6, 6.07) is 12.2. The fourth-order valence-electron chi connectivity index (χ4n) is 4.03. The van der Waals surface area contributed by atoms with E-state index in [1.165, 1.54) is 28.8 Å². The van der Waals surface area contributed by atoms with Gasteiger partial charge in [0.25, 0.3) is 5.91 Å². The van der Waals surface area contributed by atoms with E-state index in [1.54, 1.807) is 6.08 Å². The third kappa shape index (κ3) is 4.70. The number of hydrogen-bond donors (Lipinski definition) is 0. The lowest BCUT2D eigenvalue weighted by Crippen LogP contribution is -2.49. The molecule has 1 atom stereocenters. The Bertz CT molecular complexity index is 1050. The van der Waals surface area contributed by atoms with Gasteiger partial charge in [0.2, 0.25) is 5.91 Å². The molecule has 2 amide bonds. The molecule has 8 heteroatoms. The number of amides is 2. The van der Waals surface area contributed by atoms with E-state index in [9.17, 15) is 22.8 Å². The minimum absolute atomic E-state index is 0.0644. The highest BCUT2D eigenvalue weighted by molar-refractivity contribution is 8.04. The molecule has 2 heterocycles. The number of rotatable bonds is 3. The van der Waals surface area contributed by atoms with E-state index in [4.69, 9.17) is 0 Å². The standard InChI is InChI=1S/C24H23F3N2O2S/c1-16-6-4-5-13-28(16)22(30)15-29-19-7-2-3-8-20(19)32-21(23(29)31)14-17-9-11-18(12-10-17)24(25,26)27/h2-3,7-12,14,16H,4-6,13,15H2,1H3/b21-14-/t16-/m1/s1. The van der Waals surface area contributed by atoms with Crippen LogP contribution < -0.4 is 4.90 Å². The van der Waals surface area contributed by atoms with Crippen LogP contribution in [0.2, 0.25) is 0 Å². The van der Waals surface area contributed by atoms with Crippen LogP contribution >= 0.6 is 11.8 Å². The zero-order valence-electron chi connectivity index (χ0n) is 17.6. The van der Waals surface area contributed by atoms with Crippen LogP contribution in [-0.4, -0.2) is 35.8 Å². The second kappa shape index (κ2) is 9.02. The highest BCUT2D eigenvalue weighted by Gasteiger charge is 2.33. The molecule has 2 aliphatic rings. The number of fused-ring (bicyclic) bond motifs is 1. The number of benzene rings is 2. The van der Waals surface area contributed by atoms with Crippen molar-refractivity contribution in [3.63, 3.8) is 0 Å². The summed E-state index contributed by atoms with van der Waals surface area (Å²) in [6.45, 7) is 2.65. The Kier molecular flexibility index (Phi) is 6.33. The molecule has 0 bridgehead atoms. The summed E-state index contributed by atoms with van der Waals surface area (Å²) in [5.74, 6) is -0.423. The number of piperidine rings is 1. The van der Waals surface area contributed by atoms with Gasteiger partial charge in [0.15, 0.2) is 0 Å². The summed E-state index contributed by atoms with van der Waals surface area (Å²) in [5.41, 5.74) is 0.421. The van der Waals surface area contributed by atoms with E-state index < -0.39 is 11.7 Å². The van der Waals surface area contributed by atoms with Crippen molar-refractivity contribution in [1.82, 2.24) is 4.90 Å². The first-order valence-electron chi connectivity index (χ1n) is 10.5. The van der Waals surface area contributed by atoms with Crippen LogP contribution in [-0.2, 0) is 15.8 Å². The van der Waals surface area contributed by atoms with Gasteiger partial charge in [0, 0.05) is 17.5 Å². The minimum atomic E-state index is -4.41. The summed E-state index contributed by atoms with van der Waals surface area (Å²) in [7, 11) is 0. The first-order valence-corrected chi connectivity index (χ1v) is 11.3. The fraction of sp³-hybridized carbons (Fsp3) is 0.333. The molecule has 0 unspecified atom stereocenters. The molecule has 0 aliphatic carbocycles. The third-order valence-electron chi connectivity index (χ3n) is 5.78. The highest BCUT2D eigenvalue weighted by atomic mass is 32.2. The van der Waals surface area contributed by atoms with Gasteiger partial charge in [-0.2, -0.15) is 13.2 Å². The van der Waals surface area contributed by atoms with Crippen molar-refractivity contribution in [2.45, 2.75) is 43.3 Å². The molecule has 168 valence electrons. The molecule has 0 spiro atoms. The Morgan fingerprint density at radius 3 is 2.53 bits per heavy atom. The lowest BCUT2D eigenvalue weighted by atomic mass is 10.0. The van der Waals surface area contributed by atoms with E-state index in [-0.39, 0.29) is 24.4 Å². The minimum Gasteiger partial charge on any atom is -0.338 e. The molecule has 2 aliphatic heterocycles. The predicted molar refractivity (Wildman–Crippen MR) is 119 cm³/mol. The lowest BCUT2D eigenvalue weighted by Gasteiger charge is -2.36. The van der Waals surface area contributed by atoms with E-state index >= 15 is 0 Å². The number of thioether (sulfide) groups is 1. The first-order chi connectivity index (χ1) is 15.2. The molecule has 1 fully saturated rings. The normalized spacial score (nSPS) is 20.4. The van der Waals surface area contributed by atoms with Crippen LogP contribution in [0.15, 0.2) is 58.3 Å². The van der Waals surface area contributed by atoms with Crippen molar-refractivity contribution in [2.75, 3.05) is 18.0 Å². The van der Waals surface area contributed by atoms with Crippen LogP contribution in [0.1, 0.15) is 37.3 Å². The molecule has 4 nitrogen and oxygen atoms in total. The van der Waals surface area contributed by atoms with Gasteiger partial charge in [-0.25, -0.2) is 0 Å². The number of halogens is 3. The molecule has 2 aromatic rings. The monoisotopic (exact) mass is 460 g/mol. The van der Waals surface area contributed by atoms with Gasteiger partial charge in [0.1, 0.15) is 6.54 Å². The van der Waals surface area contributed by atoms with E-state index in [0.29, 0.717) is 22.7 Å². The van der Waals surface area contributed by atoms with Gasteiger partial charge in [0.05, 0.1) is 16.2 Å². The Labute approximate surface area is 189 Å². The number of carbonyl (C=O) groups excluding carboxylic acids is 2. The van der Waals surface area contributed by atoms with Gasteiger partial charge in [-0.05, 0) is 62.1 Å². The van der Waals surface area contributed by atoms with E-state index in [1.807, 2.05) is 36.1 Å². The van der Waals surface area contributed by atoms with Crippen LogP contribution in [0.3, 0.4) is 0 Å². The highest BCUT2D eigenvalue weighted by Crippen LogP contribution is 2.42. The maximum absolute atomic E-state index is 13.3. The average Bonchev–Trinajstić information content (AvgIpc) is 2.76. The van der Waals surface area contributed by atoms with Crippen LogP contribution in [0.5, 0.6) is 0 Å². The van der Waals surface area contributed by atoms with E-state index in [2.05, 4.69) is 0 Å². The van der Waals surface area contributed by atoms with Crippen molar-refractivity contribution >= 4 is 35.3 Å². The van der Waals surface area contributed by atoms with Gasteiger partial charge in [-0.3, -0.25) is 14.5 Å². The zero-order chi connectivity index (χ0) is 22.9. The number of carbonyl (C=O) groups is 2. The van der Waals surface area contributed by atoms with Gasteiger partial charge in [-0.1, -0.05) is 36.0 Å². The van der Waals surface area contributed by atoms with E-state index in [0.717, 1.165) is 36.3 Å². The molecule has 2 aromatic carbocycles. The second-order valence-corrected chi connectivity index (χ2v) is 9.11. The van der Waals surface area contributed by atoms with Crippen molar-refractivity contribution in [2.24, 2.45) is 0 Å². The van der Waals surface area contributed by atoms with Crippen LogP contribution in [0, 0.1) is 0 Å². The second-order valence-electron chi connectivity index (χ2n) is 8.02. The summed E-state index contributed by atoms with van der Waals surface area (Å²) in [5, 5.41) is 0. The maximum Gasteiger partial charge on any atom is 0.416 e. The molecule has 0 saturated carbocycles. The van der Waals surface area contributed by atoms with Gasteiger partial charge >= 0.3 is 6.18 Å². The topological polar surface area (TPSA) is 40.6 Å². The smallest absolute Gasteiger partial charge is 0.338 e. The van der Waals surface area contributed by atoms with Crippen molar-refractivity contribution in [3.05, 3.63) is 64.6 Å². The number of anilines is 1.